The Labute approximate surface area is 147 Å². The van der Waals surface area contributed by atoms with Crippen LogP contribution in [0.25, 0.3) is 0 Å². The van der Waals surface area contributed by atoms with Gasteiger partial charge in [-0.3, -0.25) is 10.1 Å². The topological polar surface area (TPSA) is 88.0 Å². The number of rotatable bonds is 8. The highest BCUT2D eigenvalue weighted by Crippen LogP contribution is 2.13. The van der Waals surface area contributed by atoms with Crippen molar-refractivity contribution >= 4 is 11.8 Å². The summed E-state index contributed by atoms with van der Waals surface area (Å²) in [6.45, 7) is 4.67. The molecule has 1 heterocycles. The molecule has 1 aromatic carbocycles. The van der Waals surface area contributed by atoms with E-state index in [-0.39, 0.29) is 12.3 Å². The fourth-order valence-electron chi connectivity index (χ4n) is 2.78. The van der Waals surface area contributed by atoms with Crippen LogP contribution in [-0.4, -0.2) is 67.6 Å². The van der Waals surface area contributed by atoms with E-state index in [2.05, 4.69) is 17.3 Å². The summed E-state index contributed by atoms with van der Waals surface area (Å²) in [6, 6.07) is 5.99. The molecule has 138 valence electrons. The van der Waals surface area contributed by atoms with Crippen molar-refractivity contribution in [2.24, 2.45) is 5.92 Å². The van der Waals surface area contributed by atoms with Crippen LogP contribution < -0.4 is 5.32 Å². The van der Waals surface area contributed by atoms with Gasteiger partial charge in [0, 0.05) is 38.8 Å². The summed E-state index contributed by atoms with van der Waals surface area (Å²) in [6.07, 6.45) is 0.812. The van der Waals surface area contributed by atoms with Crippen LogP contribution in [0.5, 0.6) is 0 Å². The molecule has 1 amide bonds. The van der Waals surface area contributed by atoms with Crippen molar-refractivity contribution in [1.82, 2.24) is 15.1 Å². The minimum atomic E-state index is -0.457. The summed E-state index contributed by atoms with van der Waals surface area (Å²) >= 11 is 0. The number of nitrogens with zero attached hydrogens (tertiary/aromatic N) is 3. The molecule has 0 radical (unpaired) electrons. The largest absolute Gasteiger partial charge is 0.445 e. The van der Waals surface area contributed by atoms with Gasteiger partial charge in [-0.25, -0.2) is 4.79 Å². The molecule has 1 aliphatic rings. The molecular weight excluding hydrogens is 324 g/mol. The fraction of sp³-hybridized carbons (Fsp3) is 0.588. The van der Waals surface area contributed by atoms with Gasteiger partial charge in [-0.1, -0.05) is 0 Å². The van der Waals surface area contributed by atoms with Gasteiger partial charge in [0.1, 0.15) is 6.61 Å². The fourth-order valence-corrected chi connectivity index (χ4v) is 2.78. The third-order valence-electron chi connectivity index (χ3n) is 4.37. The molecule has 1 atom stereocenters. The van der Waals surface area contributed by atoms with Gasteiger partial charge in [0.25, 0.3) is 5.69 Å². The molecule has 1 aromatic rings. The molecule has 25 heavy (non-hydrogen) atoms. The molecule has 0 saturated carbocycles. The number of benzene rings is 1. The highest BCUT2D eigenvalue weighted by Gasteiger charge is 2.17. The maximum Gasteiger partial charge on any atom is 0.409 e. The van der Waals surface area contributed by atoms with E-state index in [1.807, 2.05) is 0 Å². The van der Waals surface area contributed by atoms with Crippen LogP contribution in [0.4, 0.5) is 10.5 Å². The van der Waals surface area contributed by atoms with Crippen molar-refractivity contribution in [3.63, 3.8) is 0 Å². The van der Waals surface area contributed by atoms with Gasteiger partial charge in [-0.2, -0.15) is 0 Å². The quantitative estimate of drug-likeness (QED) is 0.567. The van der Waals surface area contributed by atoms with E-state index < -0.39 is 11.0 Å². The van der Waals surface area contributed by atoms with Crippen LogP contribution in [0.1, 0.15) is 12.0 Å². The lowest BCUT2D eigenvalue weighted by Gasteiger charge is -2.23. The smallest absolute Gasteiger partial charge is 0.409 e. The van der Waals surface area contributed by atoms with Gasteiger partial charge in [0.2, 0.25) is 0 Å². The summed E-state index contributed by atoms with van der Waals surface area (Å²) in [7, 11) is 3.78. The van der Waals surface area contributed by atoms with Gasteiger partial charge in [-0.05, 0) is 50.2 Å². The SMILES string of the molecule is CN(CCN(C)C(=O)OCc1ccc([N+](=O)[O-])cc1)C[C@H]1CCNC1. The number of nitro groups is 1. The first-order valence-corrected chi connectivity index (χ1v) is 8.46. The van der Waals surface area contributed by atoms with Gasteiger partial charge in [-0.15, -0.1) is 0 Å². The Hall–Kier alpha value is -2.19. The molecule has 1 aliphatic heterocycles. The van der Waals surface area contributed by atoms with Gasteiger partial charge in [0.05, 0.1) is 4.92 Å². The maximum absolute atomic E-state index is 12.0. The minimum Gasteiger partial charge on any atom is -0.445 e. The number of hydrogen-bond acceptors (Lipinski definition) is 6. The predicted octanol–water partition coefficient (Wildman–Crippen LogP) is 1.70. The third-order valence-corrected chi connectivity index (χ3v) is 4.37. The van der Waals surface area contributed by atoms with E-state index in [9.17, 15) is 14.9 Å². The molecule has 1 saturated heterocycles. The first-order chi connectivity index (χ1) is 12.0. The number of likely N-dealkylation sites (N-methyl/N-ethyl adjacent to an activating group) is 2. The van der Waals surface area contributed by atoms with E-state index in [0.29, 0.717) is 12.5 Å². The minimum absolute atomic E-state index is 0.0210. The van der Waals surface area contributed by atoms with Crippen LogP contribution in [0.15, 0.2) is 24.3 Å². The second-order valence-corrected chi connectivity index (χ2v) is 6.52. The molecule has 0 unspecified atom stereocenters. The molecule has 2 rings (SSSR count). The van der Waals surface area contributed by atoms with E-state index in [1.54, 1.807) is 24.1 Å². The van der Waals surface area contributed by atoms with Gasteiger partial charge in [0.15, 0.2) is 0 Å². The van der Waals surface area contributed by atoms with Crippen LogP contribution >= 0.6 is 0 Å². The number of amides is 1. The number of non-ortho nitro benzene ring substituents is 1. The average Bonchev–Trinajstić information content (AvgIpc) is 3.10. The lowest BCUT2D eigenvalue weighted by molar-refractivity contribution is -0.384. The summed E-state index contributed by atoms with van der Waals surface area (Å²) in [5, 5.41) is 14.0. The molecule has 0 aromatic heterocycles. The maximum atomic E-state index is 12.0. The van der Waals surface area contributed by atoms with E-state index in [1.165, 1.54) is 18.6 Å². The summed E-state index contributed by atoms with van der Waals surface area (Å²) in [4.78, 5) is 26.0. The van der Waals surface area contributed by atoms with Crippen molar-refractivity contribution in [3.8, 4) is 0 Å². The highest BCUT2D eigenvalue weighted by atomic mass is 16.6. The van der Waals surface area contributed by atoms with Crippen molar-refractivity contribution in [3.05, 3.63) is 39.9 Å². The number of carbonyl (C=O) groups excluding carboxylic acids is 1. The zero-order valence-corrected chi connectivity index (χ0v) is 14.8. The first kappa shape index (κ1) is 19.1. The number of nitrogens with one attached hydrogen (secondary N) is 1. The molecular formula is C17H26N4O4. The second kappa shape index (κ2) is 9.33. The average molecular weight is 350 g/mol. The van der Waals surface area contributed by atoms with Crippen molar-refractivity contribution in [1.29, 1.82) is 0 Å². The lowest BCUT2D eigenvalue weighted by Crippen LogP contribution is -2.37. The predicted molar refractivity (Wildman–Crippen MR) is 94.4 cm³/mol. The Morgan fingerprint density at radius 3 is 2.64 bits per heavy atom. The molecule has 0 bridgehead atoms. The molecule has 8 heteroatoms. The summed E-state index contributed by atoms with van der Waals surface area (Å²) in [5.41, 5.74) is 0.742. The van der Waals surface area contributed by atoms with E-state index >= 15 is 0 Å². The van der Waals surface area contributed by atoms with Gasteiger partial charge < -0.3 is 19.9 Å². The Bertz CT molecular complexity index is 573. The molecule has 0 spiro atoms. The Morgan fingerprint density at radius 2 is 2.04 bits per heavy atom. The lowest BCUT2D eigenvalue weighted by atomic mass is 10.1. The standard InChI is InChI=1S/C17H26N4O4/c1-19(12-15-7-8-18-11-15)9-10-20(2)17(22)25-13-14-3-5-16(6-4-14)21(23)24/h3-6,15,18H,7-13H2,1-2H3/t15-/m0/s1. The number of nitro benzene ring substituents is 1. The number of hydrogen-bond donors (Lipinski definition) is 1. The molecule has 1 fully saturated rings. The van der Waals surface area contributed by atoms with Crippen LogP contribution in [-0.2, 0) is 11.3 Å². The number of ether oxygens (including phenoxy) is 1. The monoisotopic (exact) mass is 350 g/mol. The molecule has 0 aliphatic carbocycles. The van der Waals surface area contributed by atoms with E-state index in [0.717, 1.165) is 31.7 Å². The van der Waals surface area contributed by atoms with Gasteiger partial charge >= 0.3 is 6.09 Å². The Kier molecular flexibility index (Phi) is 7.15. The zero-order valence-electron chi connectivity index (χ0n) is 14.8. The Balaban J connectivity index is 1.67. The van der Waals surface area contributed by atoms with Crippen molar-refractivity contribution in [2.75, 3.05) is 46.8 Å². The van der Waals surface area contributed by atoms with Crippen molar-refractivity contribution in [2.45, 2.75) is 13.0 Å². The van der Waals surface area contributed by atoms with Crippen LogP contribution in [0.2, 0.25) is 0 Å². The first-order valence-electron chi connectivity index (χ1n) is 8.46. The van der Waals surface area contributed by atoms with E-state index in [4.69, 9.17) is 4.74 Å². The third kappa shape index (κ3) is 6.32. The van der Waals surface area contributed by atoms with Crippen LogP contribution in [0, 0.1) is 16.0 Å². The normalized spacial score (nSPS) is 16.8. The zero-order chi connectivity index (χ0) is 18.2. The number of carbonyl (C=O) groups is 1. The van der Waals surface area contributed by atoms with Crippen molar-refractivity contribution < 1.29 is 14.5 Å². The molecule has 1 N–H and O–H groups in total. The summed E-state index contributed by atoms with van der Waals surface area (Å²) < 4.78 is 5.24. The second-order valence-electron chi connectivity index (χ2n) is 6.52. The Morgan fingerprint density at radius 1 is 1.32 bits per heavy atom. The highest BCUT2D eigenvalue weighted by molar-refractivity contribution is 5.67. The summed E-state index contributed by atoms with van der Waals surface area (Å²) in [5.74, 6) is 0.685. The van der Waals surface area contributed by atoms with Crippen LogP contribution in [0.3, 0.4) is 0 Å². The molecule has 8 nitrogen and oxygen atoms in total.